The van der Waals surface area contributed by atoms with E-state index in [0.29, 0.717) is 46.5 Å². The van der Waals surface area contributed by atoms with Crippen LogP contribution >= 0.6 is 11.6 Å². The van der Waals surface area contributed by atoms with Crippen LogP contribution in [0.5, 0.6) is 11.5 Å². The number of hydrogen-bond donors (Lipinski definition) is 1. The topological polar surface area (TPSA) is 86.3 Å². The second-order valence-corrected chi connectivity index (χ2v) is 21.2. The van der Waals surface area contributed by atoms with E-state index in [1.54, 1.807) is 19.9 Å². The molecule has 2 saturated heterocycles. The lowest BCUT2D eigenvalue weighted by Gasteiger charge is -2.24. The van der Waals surface area contributed by atoms with Gasteiger partial charge in [-0.3, -0.25) is 4.90 Å². The van der Waals surface area contributed by atoms with Crippen molar-refractivity contribution in [2.24, 2.45) is 0 Å². The molecule has 532 valence electrons. The molecular formula is C66H75ClF20N2O6. The Labute approximate surface area is 543 Å². The van der Waals surface area contributed by atoms with Crippen LogP contribution in [0.25, 0.3) is 22.3 Å². The molecule has 0 saturated carbocycles. The number of methoxy groups -OCH3 is 2. The Hall–Kier alpha value is -7.65. The minimum atomic E-state index is -5.16. The van der Waals surface area contributed by atoms with Crippen LogP contribution in [0.15, 0.2) is 97.1 Å². The van der Waals surface area contributed by atoms with Crippen LogP contribution < -0.4 is 14.8 Å². The van der Waals surface area contributed by atoms with Gasteiger partial charge in [-0.15, -0.1) is 11.6 Å². The highest BCUT2D eigenvalue weighted by Crippen LogP contribution is 2.46. The van der Waals surface area contributed by atoms with Crippen LogP contribution in [-0.4, -0.2) is 43.4 Å². The van der Waals surface area contributed by atoms with Crippen molar-refractivity contribution in [2.75, 3.05) is 14.2 Å². The molecule has 95 heavy (non-hydrogen) atoms. The number of rotatable bonds is 11. The summed E-state index contributed by atoms with van der Waals surface area (Å²) in [6, 6.07) is 11.3. The molecule has 6 aromatic carbocycles. The van der Waals surface area contributed by atoms with Crippen LogP contribution in [0.1, 0.15) is 177 Å². The van der Waals surface area contributed by atoms with Gasteiger partial charge in [0.05, 0.1) is 66.2 Å². The van der Waals surface area contributed by atoms with Gasteiger partial charge in [-0.1, -0.05) is 84.4 Å². The first-order valence-electron chi connectivity index (χ1n) is 26.1. The van der Waals surface area contributed by atoms with Crippen LogP contribution in [-0.2, 0) is 59.0 Å². The number of cyclic esters (lactones) is 2. The lowest BCUT2D eigenvalue weighted by Crippen LogP contribution is -2.32. The van der Waals surface area contributed by atoms with Gasteiger partial charge in [0.25, 0.3) is 0 Å². The standard InChI is InChI=1S/C30H25F10NO3.C18H17ClF4O.C12H9F6NO2.6CH4/c1-14(2)22-11-23(25(43-4)12-24(22)31)21-6-5-18(28(32,33)34)9-17(21)13-41-15(3)26(44-27(41)42)16-7-19(29(35,36)37)10-20(8-16)30(38,39)40;1-10(2)14-7-15(17(24-3)8-16(14)20)13-5-4-12(18(21,22)23)6-11(13)9-19;1-5-9(21-10(20)19-5)6-2-7(11(13,14)15)4-8(3-6)12(16,17)18;;;;;;/h5-12,14-15,26H,13H2,1-4H3;4-8,10H,9H2,1-3H3;2-5,9H,1H3,(H,19,20);6*1H4/t15-,26-;;5-,9-;;;;;;/m0.0....../s1. The average molecular weight is 1410 g/mol. The van der Waals surface area contributed by atoms with Crippen LogP contribution in [0, 0.1) is 11.6 Å². The third-order valence-electron chi connectivity index (χ3n) is 14.1. The van der Waals surface area contributed by atoms with Gasteiger partial charge in [0.15, 0.2) is 0 Å². The van der Waals surface area contributed by atoms with E-state index in [1.165, 1.54) is 46.3 Å². The minimum absolute atomic E-state index is 0. The number of alkyl halides is 19. The van der Waals surface area contributed by atoms with Gasteiger partial charge in [0.1, 0.15) is 35.3 Å². The molecule has 0 spiro atoms. The highest BCUT2D eigenvalue weighted by Gasteiger charge is 2.45. The number of amides is 2. The number of alkyl carbamates (subject to hydrolysis) is 1. The van der Waals surface area contributed by atoms with E-state index in [4.69, 9.17) is 30.5 Å². The Kier molecular flexibility index (Phi) is 30.2. The molecule has 2 aliphatic rings. The van der Waals surface area contributed by atoms with E-state index in [-0.39, 0.29) is 114 Å². The number of nitrogens with zero attached hydrogens (tertiary/aromatic N) is 1. The third-order valence-corrected chi connectivity index (χ3v) is 14.4. The lowest BCUT2D eigenvalue weighted by atomic mass is 9.91. The van der Waals surface area contributed by atoms with Crippen LogP contribution in [0.3, 0.4) is 0 Å². The summed E-state index contributed by atoms with van der Waals surface area (Å²) in [5.74, 6) is -1.31. The lowest BCUT2D eigenvalue weighted by molar-refractivity contribution is -0.144. The molecule has 2 heterocycles. The van der Waals surface area contributed by atoms with E-state index in [0.717, 1.165) is 41.3 Å². The van der Waals surface area contributed by atoms with Gasteiger partial charge in [-0.25, -0.2) is 18.4 Å². The van der Waals surface area contributed by atoms with E-state index in [9.17, 15) is 97.4 Å². The van der Waals surface area contributed by atoms with Gasteiger partial charge < -0.3 is 24.3 Å². The molecule has 0 radical (unpaired) electrons. The molecule has 2 amide bonds. The first kappa shape index (κ1) is 87.3. The Morgan fingerprint density at radius 1 is 0.463 bits per heavy atom. The summed E-state index contributed by atoms with van der Waals surface area (Å²) in [5, 5.41) is 2.26. The first-order valence-corrected chi connectivity index (χ1v) is 26.7. The second kappa shape index (κ2) is 32.9. The first-order chi connectivity index (χ1) is 40.9. The quantitative estimate of drug-likeness (QED) is 0.103. The Morgan fingerprint density at radius 3 is 1.11 bits per heavy atom. The maximum Gasteiger partial charge on any atom is 0.416 e. The van der Waals surface area contributed by atoms with Crippen LogP contribution in [0.2, 0.25) is 0 Å². The molecule has 0 unspecified atom stereocenters. The van der Waals surface area contributed by atoms with Gasteiger partial charge in [-0.2, -0.15) is 79.0 Å². The number of carbonyl (C=O) groups is 2. The minimum Gasteiger partial charge on any atom is -0.496 e. The highest BCUT2D eigenvalue weighted by molar-refractivity contribution is 6.17. The number of carbonyl (C=O) groups excluding carboxylic acids is 2. The molecule has 8 rings (SSSR count). The summed E-state index contributed by atoms with van der Waals surface area (Å²) < 4.78 is 286. The maximum atomic E-state index is 14.7. The van der Waals surface area contributed by atoms with Gasteiger partial charge in [-0.05, 0) is 143 Å². The third kappa shape index (κ3) is 20.7. The van der Waals surface area contributed by atoms with Crippen molar-refractivity contribution >= 4 is 23.8 Å². The number of halogens is 21. The maximum absolute atomic E-state index is 14.7. The molecule has 1 N–H and O–H groups in total. The van der Waals surface area contributed by atoms with Crippen molar-refractivity contribution < 1.29 is 116 Å². The summed E-state index contributed by atoms with van der Waals surface area (Å²) in [6.07, 6.45) is -34.3. The van der Waals surface area contributed by atoms with Crippen molar-refractivity contribution in [2.45, 2.75) is 172 Å². The van der Waals surface area contributed by atoms with Crippen molar-refractivity contribution in [3.8, 4) is 33.8 Å². The molecule has 4 atom stereocenters. The van der Waals surface area contributed by atoms with E-state index < -0.39 is 131 Å². The molecule has 29 heteroatoms. The average Bonchev–Trinajstić information content (AvgIpc) is 1.77. The predicted octanol–water partition coefficient (Wildman–Crippen LogP) is 23.9. The summed E-state index contributed by atoms with van der Waals surface area (Å²) in [6.45, 7) is 9.19. The SMILES string of the molecule is C.C.C.C.C.C.COc1cc(F)c(C(C)C)cc1-c1ccc(C(F)(F)F)cc1CCl.COc1cc(F)c(C(C)C)cc1-c1ccc(C(F)(F)F)cc1CN1C(=O)O[C@H](c2cc(C(F)(F)F)cc(C(F)(F)F)c2)[C@@H]1C.C[C@@H]1NC(=O)O[C@@H]1c1cc(C(F)(F)F)cc(C(F)(F)F)c1. The second-order valence-electron chi connectivity index (χ2n) is 20.9. The van der Waals surface area contributed by atoms with Crippen LogP contribution in [0.4, 0.5) is 97.4 Å². The number of benzene rings is 6. The van der Waals surface area contributed by atoms with Crippen molar-refractivity contribution in [3.05, 3.63) is 175 Å². The Bertz CT molecular complexity index is 3500. The zero-order valence-corrected chi connectivity index (χ0v) is 48.2. The normalized spacial score (nSPS) is 16.3. The largest absolute Gasteiger partial charge is 0.496 e. The molecule has 0 aromatic heterocycles. The highest BCUT2D eigenvalue weighted by atomic mass is 35.5. The molecule has 2 aliphatic heterocycles. The van der Waals surface area contributed by atoms with E-state index >= 15 is 0 Å². The Balaban J connectivity index is 0.00000148. The van der Waals surface area contributed by atoms with E-state index in [2.05, 4.69) is 5.32 Å². The van der Waals surface area contributed by atoms with Gasteiger partial charge in [0.2, 0.25) is 0 Å². The fraction of sp³-hybridized carbons (Fsp3) is 0.424. The number of nitrogens with one attached hydrogen (secondary N) is 1. The molecule has 2 fully saturated rings. The summed E-state index contributed by atoms with van der Waals surface area (Å²) >= 11 is 5.85. The molecule has 8 nitrogen and oxygen atoms in total. The molecular weight excluding hydrogens is 1330 g/mol. The van der Waals surface area contributed by atoms with Crippen molar-refractivity contribution in [1.29, 1.82) is 0 Å². The molecule has 0 bridgehead atoms. The van der Waals surface area contributed by atoms with E-state index in [1.807, 2.05) is 13.8 Å². The zero-order chi connectivity index (χ0) is 67.0. The smallest absolute Gasteiger partial charge is 0.416 e. The fourth-order valence-electron chi connectivity index (χ4n) is 9.59. The van der Waals surface area contributed by atoms with Gasteiger partial charge in [0, 0.05) is 29.1 Å². The molecule has 0 aliphatic carbocycles. The number of hydrogen-bond acceptors (Lipinski definition) is 6. The zero-order valence-electron chi connectivity index (χ0n) is 47.4. The Morgan fingerprint density at radius 2 is 0.800 bits per heavy atom. The van der Waals surface area contributed by atoms with Crippen molar-refractivity contribution in [3.63, 3.8) is 0 Å². The fourth-order valence-corrected chi connectivity index (χ4v) is 9.81. The molecule has 6 aromatic rings. The van der Waals surface area contributed by atoms with Crippen molar-refractivity contribution in [1.82, 2.24) is 10.2 Å². The predicted molar refractivity (Wildman–Crippen MR) is 324 cm³/mol. The summed E-state index contributed by atoms with van der Waals surface area (Å²) in [5.41, 5.74) is -6.70. The number of ether oxygens (including phenoxy) is 4. The summed E-state index contributed by atoms with van der Waals surface area (Å²) in [7, 11) is 2.61. The monoisotopic (exact) mass is 1410 g/mol. The summed E-state index contributed by atoms with van der Waals surface area (Å²) in [4.78, 5) is 24.9. The van der Waals surface area contributed by atoms with Gasteiger partial charge >= 0.3 is 49.2 Å².